The maximum absolute atomic E-state index is 11.3. The summed E-state index contributed by atoms with van der Waals surface area (Å²) in [6.07, 6.45) is 7.96. The first-order valence-electron chi connectivity index (χ1n) is 9.59. The van der Waals surface area contributed by atoms with E-state index in [1.807, 2.05) is 0 Å². The molecule has 2 aliphatic carbocycles. The van der Waals surface area contributed by atoms with Gasteiger partial charge in [0, 0.05) is 12.0 Å². The molecule has 0 bridgehead atoms. The molecule has 2 rings (SSSR count). The van der Waals surface area contributed by atoms with Gasteiger partial charge in [-0.15, -0.1) is 0 Å². The Bertz CT molecular complexity index is 371. The van der Waals surface area contributed by atoms with Crippen molar-refractivity contribution in [2.45, 2.75) is 91.0 Å². The van der Waals surface area contributed by atoms with E-state index < -0.39 is 8.32 Å². The third kappa shape index (κ3) is 3.08. The molecular weight excluding hydrogens is 288 g/mol. The van der Waals surface area contributed by atoms with E-state index in [2.05, 4.69) is 34.6 Å². The number of carbonyl (C=O) groups excluding carboxylic acids is 1. The van der Waals surface area contributed by atoms with Crippen molar-refractivity contribution in [3.05, 3.63) is 0 Å². The van der Waals surface area contributed by atoms with Crippen molar-refractivity contribution in [1.29, 1.82) is 0 Å². The van der Waals surface area contributed by atoms with Gasteiger partial charge in [-0.2, -0.15) is 0 Å². The zero-order valence-electron chi connectivity index (χ0n) is 15.4. The van der Waals surface area contributed by atoms with E-state index in [0.717, 1.165) is 0 Å². The number of fused-ring (bicyclic) bond motifs is 1. The van der Waals surface area contributed by atoms with E-state index in [9.17, 15) is 4.79 Å². The third-order valence-electron chi connectivity index (χ3n) is 7.32. The lowest BCUT2D eigenvalue weighted by Crippen LogP contribution is -2.48. The van der Waals surface area contributed by atoms with Crippen molar-refractivity contribution >= 4 is 14.6 Å². The fourth-order valence-electron chi connectivity index (χ4n) is 5.58. The van der Waals surface area contributed by atoms with E-state index in [4.69, 9.17) is 4.43 Å². The van der Waals surface area contributed by atoms with Crippen LogP contribution >= 0.6 is 0 Å². The quantitative estimate of drug-likeness (QED) is 0.461. The Morgan fingerprint density at radius 3 is 2.36 bits per heavy atom. The van der Waals surface area contributed by atoms with Crippen LogP contribution in [0.25, 0.3) is 0 Å². The average Bonchev–Trinajstić information content (AvgIpc) is 2.90. The van der Waals surface area contributed by atoms with Crippen LogP contribution in [0.5, 0.6) is 0 Å². The Morgan fingerprint density at radius 1 is 1.18 bits per heavy atom. The van der Waals surface area contributed by atoms with Gasteiger partial charge in [0.1, 0.15) is 6.29 Å². The van der Waals surface area contributed by atoms with E-state index in [1.165, 1.54) is 56.5 Å². The Hall–Kier alpha value is -0.153. The van der Waals surface area contributed by atoms with Gasteiger partial charge >= 0.3 is 0 Å². The Morgan fingerprint density at radius 2 is 1.82 bits per heavy atom. The van der Waals surface area contributed by atoms with E-state index in [-0.39, 0.29) is 5.92 Å². The predicted octanol–water partition coefficient (Wildman–Crippen LogP) is 5.43. The molecule has 0 amide bonds. The van der Waals surface area contributed by atoms with Gasteiger partial charge in [-0.05, 0) is 61.1 Å². The Labute approximate surface area is 138 Å². The normalized spacial score (nSPS) is 36.9. The first-order chi connectivity index (χ1) is 10.5. The molecule has 0 aromatic carbocycles. The minimum atomic E-state index is -1.52. The van der Waals surface area contributed by atoms with Crippen LogP contribution in [0.15, 0.2) is 0 Å². The number of hydrogen-bond acceptors (Lipinski definition) is 2. The summed E-state index contributed by atoms with van der Waals surface area (Å²) in [7, 11) is -1.52. The first-order valence-corrected chi connectivity index (χ1v) is 12.1. The largest absolute Gasteiger partial charge is 0.414 e. The van der Waals surface area contributed by atoms with Crippen molar-refractivity contribution in [3.8, 4) is 0 Å². The van der Waals surface area contributed by atoms with Crippen LogP contribution in [0.4, 0.5) is 0 Å². The maximum Gasteiger partial charge on any atom is 0.192 e. The average molecular weight is 325 g/mol. The van der Waals surface area contributed by atoms with Crippen LogP contribution in [-0.4, -0.2) is 20.7 Å². The van der Waals surface area contributed by atoms with E-state index >= 15 is 0 Å². The number of hydrogen-bond donors (Lipinski definition) is 0. The van der Waals surface area contributed by atoms with Crippen molar-refractivity contribution in [3.63, 3.8) is 0 Å². The molecule has 0 aromatic heterocycles. The molecule has 2 nitrogen and oxygen atoms in total. The summed E-state index contributed by atoms with van der Waals surface area (Å²) in [6.45, 7) is 11.6. The topological polar surface area (TPSA) is 26.3 Å². The number of carbonyl (C=O) groups is 1. The second-order valence-electron chi connectivity index (χ2n) is 8.08. The standard InChI is InChI=1S/C19H36O2Si/c1-6-22(7-2,8-3)21-18-10-9-13-19(5)16(15(4)14-20)11-12-17(18)19/h14-18H,6-13H2,1-5H3/t15-,16-,17+,18?,19-/m1/s1. The molecule has 22 heavy (non-hydrogen) atoms. The molecule has 128 valence electrons. The van der Waals surface area contributed by atoms with Crippen LogP contribution in [-0.2, 0) is 9.22 Å². The number of aldehydes is 1. The molecule has 1 unspecified atom stereocenters. The van der Waals surface area contributed by atoms with E-state index in [1.54, 1.807) is 0 Å². The molecule has 0 spiro atoms. The lowest BCUT2D eigenvalue weighted by Gasteiger charge is -2.48. The molecule has 2 aliphatic rings. The highest BCUT2D eigenvalue weighted by atomic mass is 28.4. The molecule has 5 atom stereocenters. The van der Waals surface area contributed by atoms with E-state index in [0.29, 0.717) is 23.4 Å². The lowest BCUT2D eigenvalue weighted by atomic mass is 9.62. The summed E-state index contributed by atoms with van der Waals surface area (Å²) >= 11 is 0. The zero-order chi connectivity index (χ0) is 16.4. The Balaban J connectivity index is 2.17. The molecule has 0 radical (unpaired) electrons. The highest BCUT2D eigenvalue weighted by Crippen LogP contribution is 2.58. The van der Waals surface area contributed by atoms with Gasteiger partial charge in [0.25, 0.3) is 0 Å². The highest BCUT2D eigenvalue weighted by molar-refractivity contribution is 6.73. The van der Waals surface area contributed by atoms with Gasteiger partial charge in [-0.25, -0.2) is 0 Å². The predicted molar refractivity (Wildman–Crippen MR) is 95.5 cm³/mol. The molecule has 2 fully saturated rings. The van der Waals surface area contributed by atoms with Crippen LogP contribution in [0.2, 0.25) is 18.1 Å². The van der Waals surface area contributed by atoms with Crippen LogP contribution in [0, 0.1) is 23.2 Å². The van der Waals surface area contributed by atoms with Gasteiger partial charge in [0.05, 0.1) is 0 Å². The smallest absolute Gasteiger partial charge is 0.192 e. The summed E-state index contributed by atoms with van der Waals surface area (Å²) in [4.78, 5) is 11.3. The SMILES string of the molecule is CC[Si](CC)(CC)OC1CCC[C@]2(C)[C@@H]([C@H](C)C=O)CC[C@@H]12. The first kappa shape index (κ1) is 18.2. The minimum absolute atomic E-state index is 0.208. The molecule has 3 heteroatoms. The monoisotopic (exact) mass is 324 g/mol. The lowest BCUT2D eigenvalue weighted by molar-refractivity contribution is -0.114. The van der Waals surface area contributed by atoms with Crippen LogP contribution in [0.3, 0.4) is 0 Å². The molecule has 0 saturated heterocycles. The van der Waals surface area contributed by atoms with Crippen molar-refractivity contribution in [1.82, 2.24) is 0 Å². The van der Waals surface area contributed by atoms with Crippen molar-refractivity contribution < 1.29 is 9.22 Å². The van der Waals surface area contributed by atoms with Crippen molar-refractivity contribution in [2.24, 2.45) is 23.2 Å². The van der Waals surface area contributed by atoms with Gasteiger partial charge in [0.15, 0.2) is 8.32 Å². The third-order valence-corrected chi connectivity index (χ3v) is 12.0. The van der Waals surface area contributed by atoms with Crippen LogP contribution < -0.4 is 0 Å². The van der Waals surface area contributed by atoms with Gasteiger partial charge < -0.3 is 9.22 Å². The zero-order valence-corrected chi connectivity index (χ0v) is 16.4. The Kier molecular flexibility index (Phi) is 5.93. The fraction of sp³-hybridized carbons (Fsp3) is 0.947. The van der Waals surface area contributed by atoms with Crippen molar-refractivity contribution in [2.75, 3.05) is 0 Å². The summed E-state index contributed by atoms with van der Waals surface area (Å²) in [6, 6.07) is 3.73. The summed E-state index contributed by atoms with van der Waals surface area (Å²) in [5.41, 5.74) is 0.332. The van der Waals surface area contributed by atoms with Gasteiger partial charge in [-0.3, -0.25) is 0 Å². The summed E-state index contributed by atoms with van der Waals surface area (Å²) in [5, 5.41) is 0. The molecular formula is C19H36O2Si. The minimum Gasteiger partial charge on any atom is -0.414 e. The molecule has 0 N–H and O–H groups in total. The highest BCUT2D eigenvalue weighted by Gasteiger charge is 2.53. The van der Waals surface area contributed by atoms with Gasteiger partial charge in [0.2, 0.25) is 0 Å². The molecule has 0 aromatic rings. The number of rotatable bonds is 7. The second-order valence-corrected chi connectivity index (χ2v) is 12.8. The summed E-state index contributed by atoms with van der Waals surface area (Å²) < 4.78 is 6.92. The molecule has 0 heterocycles. The van der Waals surface area contributed by atoms with Gasteiger partial charge in [-0.1, -0.05) is 41.0 Å². The summed E-state index contributed by atoms with van der Waals surface area (Å²) in [5.74, 6) is 1.46. The van der Waals surface area contributed by atoms with Crippen LogP contribution in [0.1, 0.15) is 66.7 Å². The molecule has 2 saturated carbocycles. The molecule has 0 aliphatic heterocycles. The fourth-order valence-corrected chi connectivity index (χ4v) is 8.51. The second kappa shape index (κ2) is 7.17. The maximum atomic E-state index is 11.3.